The lowest BCUT2D eigenvalue weighted by Gasteiger charge is -2.22. The SMILES string of the molecule is CCOC(=O)C(CCC(=O)n1cc(NC(=O)Nc2ccc(OCC(SC(F)(F)F)c3ccccc3)cc2)c2cc(F)ccc21)N(C)C. The smallest absolute Gasteiger partial charge is 0.442 e. The van der Waals surface area contributed by atoms with E-state index >= 15 is 0 Å². The van der Waals surface area contributed by atoms with Crippen molar-refractivity contribution >= 4 is 51.9 Å². The van der Waals surface area contributed by atoms with Crippen molar-refractivity contribution in [2.45, 2.75) is 36.6 Å². The van der Waals surface area contributed by atoms with Gasteiger partial charge in [0.05, 0.1) is 23.1 Å². The molecule has 2 atom stereocenters. The number of carbonyl (C=O) groups is 3. The van der Waals surface area contributed by atoms with Gasteiger partial charge in [0.1, 0.15) is 24.2 Å². The first-order valence-electron chi connectivity index (χ1n) is 14.6. The van der Waals surface area contributed by atoms with E-state index in [0.717, 1.165) is 0 Å². The molecule has 9 nitrogen and oxygen atoms in total. The fraction of sp³-hybridized carbons (Fsp3) is 0.303. The third-order valence-corrected chi connectivity index (χ3v) is 8.02. The Kier molecular flexibility index (Phi) is 11.9. The van der Waals surface area contributed by atoms with Gasteiger partial charge in [-0.15, -0.1) is 0 Å². The molecule has 0 aliphatic heterocycles. The Morgan fingerprint density at radius 1 is 0.979 bits per heavy atom. The molecule has 2 N–H and O–H groups in total. The summed E-state index contributed by atoms with van der Waals surface area (Å²) in [5, 5.41) is 4.57. The molecular weight excluding hydrogens is 640 g/mol. The normalized spacial score (nSPS) is 12.9. The summed E-state index contributed by atoms with van der Waals surface area (Å²) in [5.41, 5.74) is -3.09. The number of rotatable bonds is 13. The zero-order chi connectivity index (χ0) is 34.1. The van der Waals surface area contributed by atoms with Gasteiger partial charge in [-0.1, -0.05) is 30.3 Å². The number of hydrogen-bond donors (Lipinski definition) is 2. The number of fused-ring (bicyclic) bond motifs is 1. The molecule has 0 fully saturated rings. The van der Waals surface area contributed by atoms with Crippen molar-refractivity contribution in [1.82, 2.24) is 9.47 Å². The summed E-state index contributed by atoms with van der Waals surface area (Å²) < 4.78 is 65.7. The minimum atomic E-state index is -4.45. The number of aromatic nitrogens is 1. The number of likely N-dealkylation sites (N-methyl/N-ethyl adjacent to an activating group) is 1. The van der Waals surface area contributed by atoms with Gasteiger partial charge in [-0.05, 0) is 87.2 Å². The van der Waals surface area contributed by atoms with Crippen LogP contribution in [0.5, 0.6) is 5.75 Å². The van der Waals surface area contributed by atoms with E-state index in [-0.39, 0.29) is 54.8 Å². The van der Waals surface area contributed by atoms with Crippen molar-refractivity contribution in [3.05, 3.63) is 90.4 Å². The molecule has 3 aromatic carbocycles. The van der Waals surface area contributed by atoms with Crippen LogP contribution in [0.2, 0.25) is 0 Å². The van der Waals surface area contributed by atoms with Crippen molar-refractivity contribution in [3.63, 3.8) is 0 Å². The van der Waals surface area contributed by atoms with E-state index < -0.39 is 34.6 Å². The standard InChI is InChI=1S/C33H34F4N4O5S/c1-4-45-31(43)28(40(2)3)16-17-30(42)41-19-26(25-18-22(34)10-15-27(25)41)39-32(44)38-23-11-13-24(14-12-23)46-20-29(47-33(35,36)37)21-8-6-5-7-9-21/h5-15,18-19,28-29H,4,16-17,20H2,1-3H3,(H2,38,39,44). The second-order valence-corrected chi connectivity index (χ2v) is 11.9. The Morgan fingerprint density at radius 3 is 2.32 bits per heavy atom. The summed E-state index contributed by atoms with van der Waals surface area (Å²) in [7, 11) is 3.42. The van der Waals surface area contributed by atoms with E-state index in [9.17, 15) is 31.9 Å². The molecule has 0 radical (unpaired) electrons. The van der Waals surface area contributed by atoms with Crippen molar-refractivity contribution in [2.24, 2.45) is 0 Å². The van der Waals surface area contributed by atoms with E-state index in [0.29, 0.717) is 22.5 Å². The summed E-state index contributed by atoms with van der Waals surface area (Å²) in [4.78, 5) is 40.1. The lowest BCUT2D eigenvalue weighted by atomic mass is 10.1. The minimum Gasteiger partial charge on any atom is -0.492 e. The molecule has 14 heteroatoms. The van der Waals surface area contributed by atoms with Gasteiger partial charge in [0, 0.05) is 23.7 Å². The molecule has 0 saturated carbocycles. The number of urea groups is 1. The highest BCUT2D eigenvalue weighted by Crippen LogP contribution is 2.42. The number of nitrogens with one attached hydrogen (secondary N) is 2. The number of esters is 1. The monoisotopic (exact) mass is 674 g/mol. The number of benzene rings is 3. The first-order chi connectivity index (χ1) is 22.3. The van der Waals surface area contributed by atoms with Gasteiger partial charge in [0.25, 0.3) is 0 Å². The summed E-state index contributed by atoms with van der Waals surface area (Å²) in [6.45, 7) is 1.67. The van der Waals surface area contributed by atoms with E-state index in [1.807, 2.05) is 0 Å². The molecule has 2 unspecified atom stereocenters. The average molecular weight is 675 g/mol. The van der Waals surface area contributed by atoms with Crippen LogP contribution in [0.15, 0.2) is 79.0 Å². The highest BCUT2D eigenvalue weighted by Gasteiger charge is 2.34. The second kappa shape index (κ2) is 15.8. The van der Waals surface area contributed by atoms with Crippen LogP contribution < -0.4 is 15.4 Å². The Bertz CT molecular complexity index is 1680. The fourth-order valence-corrected chi connectivity index (χ4v) is 5.58. The van der Waals surface area contributed by atoms with Gasteiger partial charge >= 0.3 is 17.5 Å². The maximum Gasteiger partial charge on any atom is 0.442 e. The zero-order valence-corrected chi connectivity index (χ0v) is 26.7. The van der Waals surface area contributed by atoms with Crippen LogP contribution >= 0.6 is 11.8 Å². The number of ether oxygens (including phenoxy) is 2. The second-order valence-electron chi connectivity index (χ2n) is 10.6. The van der Waals surface area contributed by atoms with Gasteiger partial charge < -0.3 is 20.1 Å². The summed E-state index contributed by atoms with van der Waals surface area (Å²) in [6.07, 6.45) is 1.55. The van der Waals surface area contributed by atoms with Gasteiger partial charge in [-0.2, -0.15) is 13.2 Å². The number of carbonyl (C=O) groups excluding carboxylic acids is 3. The largest absolute Gasteiger partial charge is 0.492 e. The number of halogens is 4. The molecule has 0 bridgehead atoms. The summed E-state index contributed by atoms with van der Waals surface area (Å²) in [5.74, 6) is -1.08. The molecule has 0 saturated heterocycles. The van der Waals surface area contributed by atoms with Crippen LogP contribution in [0, 0.1) is 5.82 Å². The highest BCUT2D eigenvalue weighted by atomic mass is 32.2. The molecule has 4 aromatic rings. The number of alkyl halides is 3. The Hall–Kier alpha value is -4.56. The number of nitrogens with zero attached hydrogens (tertiary/aromatic N) is 2. The van der Waals surface area contributed by atoms with Crippen molar-refractivity contribution in [1.29, 1.82) is 0 Å². The van der Waals surface area contributed by atoms with E-state index in [1.165, 1.54) is 53.2 Å². The van der Waals surface area contributed by atoms with Crippen LogP contribution in [0.25, 0.3) is 10.9 Å². The lowest BCUT2D eigenvalue weighted by Crippen LogP contribution is -2.37. The third-order valence-electron chi connectivity index (χ3n) is 7.06. The Labute approximate surface area is 273 Å². The highest BCUT2D eigenvalue weighted by molar-refractivity contribution is 8.00. The summed E-state index contributed by atoms with van der Waals surface area (Å²) >= 11 is -0.158. The molecule has 1 aromatic heterocycles. The molecule has 1 heterocycles. The molecule has 2 amide bonds. The van der Waals surface area contributed by atoms with Crippen LogP contribution in [0.4, 0.5) is 33.7 Å². The number of hydrogen-bond acceptors (Lipinski definition) is 7. The molecule has 0 spiro atoms. The van der Waals surface area contributed by atoms with Gasteiger partial charge in [0.2, 0.25) is 5.91 Å². The molecular formula is C33H34F4N4O5S. The molecule has 4 rings (SSSR count). The molecule has 250 valence electrons. The van der Waals surface area contributed by atoms with Gasteiger partial charge in [-0.3, -0.25) is 19.1 Å². The maximum absolute atomic E-state index is 14.2. The van der Waals surface area contributed by atoms with Crippen molar-refractivity contribution < 1.29 is 41.4 Å². The first kappa shape index (κ1) is 35.3. The van der Waals surface area contributed by atoms with Gasteiger partial charge in [-0.25, -0.2) is 9.18 Å². The Balaban J connectivity index is 1.41. The maximum atomic E-state index is 14.2. The van der Waals surface area contributed by atoms with Crippen molar-refractivity contribution in [2.75, 3.05) is 37.9 Å². The topological polar surface area (TPSA) is 102 Å². The molecule has 47 heavy (non-hydrogen) atoms. The number of thioether (sulfide) groups is 1. The van der Waals surface area contributed by atoms with Crippen LogP contribution in [0.1, 0.15) is 35.4 Å². The van der Waals surface area contributed by atoms with E-state index in [1.54, 1.807) is 56.3 Å². The first-order valence-corrected chi connectivity index (χ1v) is 15.5. The quantitative estimate of drug-likeness (QED) is 0.111. The Morgan fingerprint density at radius 2 is 1.68 bits per heavy atom. The van der Waals surface area contributed by atoms with Gasteiger partial charge in [0.15, 0.2) is 0 Å². The molecule has 0 aliphatic rings. The van der Waals surface area contributed by atoms with Crippen molar-refractivity contribution in [3.8, 4) is 5.75 Å². The van der Waals surface area contributed by atoms with E-state index in [4.69, 9.17) is 9.47 Å². The predicted octanol–water partition coefficient (Wildman–Crippen LogP) is 7.71. The average Bonchev–Trinajstić information content (AvgIpc) is 3.36. The summed E-state index contributed by atoms with van der Waals surface area (Å²) in [6, 6.07) is 16.8. The van der Waals surface area contributed by atoms with Crippen LogP contribution in [-0.4, -0.2) is 66.2 Å². The lowest BCUT2D eigenvalue weighted by molar-refractivity contribution is -0.148. The number of amides is 2. The third kappa shape index (κ3) is 9.96. The van der Waals surface area contributed by atoms with Crippen LogP contribution in [0.3, 0.4) is 0 Å². The molecule has 0 aliphatic carbocycles. The fourth-order valence-electron chi connectivity index (χ4n) is 4.83. The predicted molar refractivity (Wildman–Crippen MR) is 173 cm³/mol. The number of anilines is 2. The van der Waals surface area contributed by atoms with E-state index in [2.05, 4.69) is 10.6 Å². The van der Waals surface area contributed by atoms with Crippen LogP contribution in [-0.2, 0) is 9.53 Å². The minimum absolute atomic E-state index is 0.0239. The zero-order valence-electron chi connectivity index (χ0n) is 25.8.